The lowest BCUT2D eigenvalue weighted by Gasteiger charge is -2.37. The van der Waals surface area contributed by atoms with Gasteiger partial charge in [0.25, 0.3) is 0 Å². The third kappa shape index (κ3) is 5.04. The number of rotatable bonds is 4. The molecule has 1 N–H and O–H groups in total. The number of nitrogens with zero attached hydrogens (tertiary/aromatic N) is 2. The number of benzene rings is 1. The molecule has 0 aromatic heterocycles. The normalized spacial score (nSPS) is 15.6. The lowest BCUT2D eigenvalue weighted by molar-refractivity contribution is -0.135. The third-order valence-corrected chi connectivity index (χ3v) is 3.98. The van der Waals surface area contributed by atoms with Crippen molar-refractivity contribution in [2.75, 3.05) is 44.7 Å². The first-order valence-corrected chi connectivity index (χ1v) is 7.37. The average molecular weight is 348 g/mol. The molecule has 1 unspecified atom stereocenters. The number of aryl methyl sites for hydroxylation is 1. The number of amides is 1. The molecular weight excluding hydrogens is 321 g/mol. The number of carbonyl (C=O) groups is 1. The maximum absolute atomic E-state index is 12.3. The van der Waals surface area contributed by atoms with Crippen LogP contribution in [0.15, 0.2) is 24.3 Å². The summed E-state index contributed by atoms with van der Waals surface area (Å²) in [5.74, 6) is 0.328. The van der Waals surface area contributed by atoms with Crippen LogP contribution in [0, 0.1) is 12.8 Å². The first kappa shape index (κ1) is 21.0. The summed E-state index contributed by atoms with van der Waals surface area (Å²) < 4.78 is 0. The van der Waals surface area contributed by atoms with Crippen LogP contribution in [-0.4, -0.2) is 50.6 Å². The molecule has 126 valence electrons. The summed E-state index contributed by atoms with van der Waals surface area (Å²) in [7, 11) is 1.89. The maximum Gasteiger partial charge on any atom is 0.226 e. The molecule has 0 spiro atoms. The molecule has 1 saturated heterocycles. The summed E-state index contributed by atoms with van der Waals surface area (Å²) in [4.78, 5) is 16.6. The van der Waals surface area contributed by atoms with Crippen LogP contribution < -0.4 is 10.2 Å². The molecule has 1 aromatic carbocycles. The predicted molar refractivity (Wildman–Crippen MR) is 97.6 cm³/mol. The van der Waals surface area contributed by atoms with E-state index in [9.17, 15) is 4.79 Å². The number of hydrogen-bond donors (Lipinski definition) is 1. The molecule has 1 heterocycles. The molecule has 0 radical (unpaired) electrons. The largest absolute Gasteiger partial charge is 0.368 e. The van der Waals surface area contributed by atoms with Crippen LogP contribution in [0.4, 0.5) is 5.69 Å². The van der Waals surface area contributed by atoms with Crippen LogP contribution in [-0.2, 0) is 4.79 Å². The van der Waals surface area contributed by atoms with Gasteiger partial charge in [-0.25, -0.2) is 0 Å². The Morgan fingerprint density at radius 3 is 2.32 bits per heavy atom. The lowest BCUT2D eigenvalue weighted by atomic mass is 10.1. The van der Waals surface area contributed by atoms with Gasteiger partial charge in [-0.1, -0.05) is 25.1 Å². The lowest BCUT2D eigenvalue weighted by Crippen LogP contribution is -2.51. The number of anilines is 1. The highest BCUT2D eigenvalue weighted by atomic mass is 35.5. The van der Waals surface area contributed by atoms with Crippen molar-refractivity contribution in [2.24, 2.45) is 5.92 Å². The van der Waals surface area contributed by atoms with Crippen molar-refractivity contribution in [2.45, 2.75) is 13.8 Å². The molecule has 0 bridgehead atoms. The zero-order valence-corrected chi connectivity index (χ0v) is 15.2. The minimum atomic E-state index is 0. The fraction of sp³-hybridized carbons (Fsp3) is 0.562. The minimum Gasteiger partial charge on any atom is -0.368 e. The molecule has 0 saturated carbocycles. The van der Waals surface area contributed by atoms with Gasteiger partial charge in [-0.05, 0) is 25.6 Å². The number of piperazine rings is 1. The van der Waals surface area contributed by atoms with Crippen LogP contribution in [0.3, 0.4) is 0 Å². The van der Waals surface area contributed by atoms with Gasteiger partial charge in [0.2, 0.25) is 5.91 Å². The van der Waals surface area contributed by atoms with Crippen LogP contribution in [0.25, 0.3) is 0 Å². The van der Waals surface area contributed by atoms with Crippen molar-refractivity contribution in [3.8, 4) is 0 Å². The van der Waals surface area contributed by atoms with Gasteiger partial charge in [-0.15, -0.1) is 24.8 Å². The Balaban J connectivity index is 0.00000220. The van der Waals surface area contributed by atoms with Gasteiger partial charge in [-0.3, -0.25) is 4.79 Å². The van der Waals surface area contributed by atoms with Crippen molar-refractivity contribution in [1.29, 1.82) is 0 Å². The highest BCUT2D eigenvalue weighted by Crippen LogP contribution is 2.21. The second kappa shape index (κ2) is 9.93. The topological polar surface area (TPSA) is 35.6 Å². The van der Waals surface area contributed by atoms with E-state index in [1.54, 1.807) is 0 Å². The Morgan fingerprint density at radius 1 is 1.18 bits per heavy atom. The van der Waals surface area contributed by atoms with Crippen molar-refractivity contribution in [1.82, 2.24) is 10.2 Å². The van der Waals surface area contributed by atoms with Crippen LogP contribution in [0.5, 0.6) is 0 Å². The molecule has 6 heteroatoms. The quantitative estimate of drug-likeness (QED) is 0.907. The van der Waals surface area contributed by atoms with E-state index >= 15 is 0 Å². The predicted octanol–water partition coefficient (Wildman–Crippen LogP) is 2.34. The first-order chi connectivity index (χ1) is 9.63. The molecule has 1 aromatic rings. The molecule has 1 aliphatic heterocycles. The molecule has 22 heavy (non-hydrogen) atoms. The molecule has 1 fully saturated rings. The molecule has 1 aliphatic rings. The Labute approximate surface area is 146 Å². The Bertz CT molecular complexity index is 462. The molecule has 1 atom stereocenters. The zero-order chi connectivity index (χ0) is 14.5. The fourth-order valence-electron chi connectivity index (χ4n) is 2.79. The number of hydrogen-bond acceptors (Lipinski definition) is 3. The van der Waals surface area contributed by atoms with Gasteiger partial charge in [-0.2, -0.15) is 0 Å². The molecular formula is C16H27Cl2N3O. The third-order valence-electron chi connectivity index (χ3n) is 3.98. The standard InChI is InChI=1S/C16H25N3O.2ClH/c1-13-6-4-5-7-15(13)18-8-10-19(11-9-18)16(20)14(2)12-17-3;;/h4-7,14,17H,8-12H2,1-3H3;2*1H. The molecule has 4 nitrogen and oxygen atoms in total. The summed E-state index contributed by atoms with van der Waals surface area (Å²) in [6.45, 7) is 8.36. The van der Waals surface area contributed by atoms with E-state index in [0.717, 1.165) is 32.7 Å². The van der Waals surface area contributed by atoms with Gasteiger partial charge in [0.05, 0.1) is 0 Å². The van der Waals surface area contributed by atoms with Crippen molar-refractivity contribution in [3.05, 3.63) is 29.8 Å². The second-order valence-electron chi connectivity index (χ2n) is 5.56. The molecule has 1 amide bonds. The summed E-state index contributed by atoms with van der Waals surface area (Å²) in [6.07, 6.45) is 0. The number of halogens is 2. The van der Waals surface area contributed by atoms with E-state index in [1.165, 1.54) is 11.3 Å². The van der Waals surface area contributed by atoms with E-state index in [-0.39, 0.29) is 36.6 Å². The van der Waals surface area contributed by atoms with E-state index in [0.29, 0.717) is 0 Å². The Hall–Kier alpha value is -0.970. The zero-order valence-electron chi connectivity index (χ0n) is 13.5. The summed E-state index contributed by atoms with van der Waals surface area (Å²) in [5.41, 5.74) is 2.60. The highest BCUT2D eigenvalue weighted by molar-refractivity contribution is 5.85. The summed E-state index contributed by atoms with van der Waals surface area (Å²) >= 11 is 0. The van der Waals surface area contributed by atoms with Crippen LogP contribution >= 0.6 is 24.8 Å². The van der Waals surface area contributed by atoms with Gasteiger partial charge in [0.15, 0.2) is 0 Å². The fourth-order valence-corrected chi connectivity index (χ4v) is 2.79. The van der Waals surface area contributed by atoms with Gasteiger partial charge in [0.1, 0.15) is 0 Å². The molecule has 0 aliphatic carbocycles. The smallest absolute Gasteiger partial charge is 0.226 e. The second-order valence-corrected chi connectivity index (χ2v) is 5.56. The summed E-state index contributed by atoms with van der Waals surface area (Å²) in [6, 6.07) is 8.45. The van der Waals surface area contributed by atoms with E-state index in [4.69, 9.17) is 0 Å². The van der Waals surface area contributed by atoms with Gasteiger partial charge < -0.3 is 15.1 Å². The van der Waals surface area contributed by atoms with Crippen molar-refractivity contribution in [3.63, 3.8) is 0 Å². The minimum absolute atomic E-state index is 0. The number of nitrogens with one attached hydrogen (secondary N) is 1. The van der Waals surface area contributed by atoms with Crippen molar-refractivity contribution < 1.29 is 4.79 Å². The van der Waals surface area contributed by atoms with Crippen LogP contribution in [0.2, 0.25) is 0 Å². The SMILES string of the molecule is CNCC(C)C(=O)N1CCN(c2ccccc2C)CC1.Cl.Cl. The summed E-state index contributed by atoms with van der Waals surface area (Å²) in [5, 5.41) is 3.07. The van der Waals surface area contributed by atoms with Gasteiger partial charge >= 0.3 is 0 Å². The Morgan fingerprint density at radius 2 is 1.77 bits per heavy atom. The first-order valence-electron chi connectivity index (χ1n) is 7.37. The van der Waals surface area contributed by atoms with Gasteiger partial charge in [0, 0.05) is 44.3 Å². The molecule has 2 rings (SSSR count). The van der Waals surface area contributed by atoms with Crippen LogP contribution in [0.1, 0.15) is 12.5 Å². The maximum atomic E-state index is 12.3. The Kier molecular flexibility index (Phi) is 9.49. The highest BCUT2D eigenvalue weighted by Gasteiger charge is 2.24. The monoisotopic (exact) mass is 347 g/mol. The van der Waals surface area contributed by atoms with E-state index in [1.807, 2.05) is 18.9 Å². The van der Waals surface area contributed by atoms with Crippen molar-refractivity contribution >= 4 is 36.4 Å². The average Bonchev–Trinajstić information content (AvgIpc) is 2.47. The van der Waals surface area contributed by atoms with E-state index < -0.39 is 0 Å². The van der Waals surface area contributed by atoms with E-state index in [2.05, 4.69) is 41.4 Å². The number of para-hydroxylation sites is 1. The number of carbonyl (C=O) groups excluding carboxylic acids is 1.